The zero-order valence-corrected chi connectivity index (χ0v) is 13.6. The number of benzene rings is 1. The number of hydrogen-bond acceptors (Lipinski definition) is 5. The van der Waals surface area contributed by atoms with Crippen molar-refractivity contribution in [3.05, 3.63) is 35.6 Å². The van der Waals surface area contributed by atoms with Crippen LogP contribution in [0.15, 0.2) is 24.3 Å². The highest BCUT2D eigenvalue weighted by Crippen LogP contribution is 2.01. The van der Waals surface area contributed by atoms with Crippen LogP contribution in [0, 0.1) is 5.82 Å². The van der Waals surface area contributed by atoms with E-state index in [4.69, 9.17) is 9.47 Å². The third kappa shape index (κ3) is 7.68. The lowest BCUT2D eigenvalue weighted by Gasteiger charge is -2.12. The van der Waals surface area contributed by atoms with Crippen LogP contribution in [-0.4, -0.2) is 43.6 Å². The molecule has 1 aromatic carbocycles. The Balaban J connectivity index is 2.19. The highest BCUT2D eigenvalue weighted by molar-refractivity contribution is 5.85. The van der Waals surface area contributed by atoms with E-state index in [2.05, 4.69) is 10.6 Å². The summed E-state index contributed by atoms with van der Waals surface area (Å²) in [5.41, 5.74) is 0.741. The number of esters is 1. The number of ether oxygens (including phenoxy) is 2. The van der Waals surface area contributed by atoms with Crippen molar-refractivity contribution in [2.24, 2.45) is 0 Å². The second kappa shape index (κ2) is 10.3. The molecule has 0 saturated heterocycles. The maximum atomic E-state index is 12.7. The molecule has 0 radical (unpaired) electrons. The van der Waals surface area contributed by atoms with Crippen molar-refractivity contribution >= 4 is 17.8 Å². The van der Waals surface area contributed by atoms with Gasteiger partial charge in [0.05, 0.1) is 6.61 Å². The lowest BCUT2D eigenvalue weighted by Crippen LogP contribution is -2.41. The molecule has 24 heavy (non-hydrogen) atoms. The molecule has 132 valence electrons. The van der Waals surface area contributed by atoms with Crippen LogP contribution < -0.4 is 10.6 Å². The Morgan fingerprint density at radius 3 is 2.38 bits per heavy atom. The first kappa shape index (κ1) is 19.6. The Labute approximate surface area is 139 Å². The molecule has 2 N–H and O–H groups in total. The van der Waals surface area contributed by atoms with Gasteiger partial charge in [-0.2, -0.15) is 0 Å². The summed E-state index contributed by atoms with van der Waals surface area (Å²) in [5, 5.41) is 4.97. The molecule has 0 aliphatic heterocycles. The average Bonchev–Trinajstić information content (AvgIpc) is 2.54. The molecule has 2 amide bonds. The zero-order chi connectivity index (χ0) is 17.9. The van der Waals surface area contributed by atoms with Crippen LogP contribution in [-0.2, 0) is 30.4 Å². The van der Waals surface area contributed by atoms with Gasteiger partial charge in [0.2, 0.25) is 11.8 Å². The fourth-order valence-electron chi connectivity index (χ4n) is 1.70. The van der Waals surface area contributed by atoms with Crippen molar-refractivity contribution in [3.63, 3.8) is 0 Å². The van der Waals surface area contributed by atoms with Crippen LogP contribution in [0.5, 0.6) is 0 Å². The number of rotatable bonds is 9. The van der Waals surface area contributed by atoms with Gasteiger partial charge in [-0.15, -0.1) is 0 Å². The molecule has 0 bridgehead atoms. The molecule has 1 atom stereocenters. The number of amides is 2. The van der Waals surface area contributed by atoms with Crippen LogP contribution in [0.3, 0.4) is 0 Å². The minimum Gasteiger partial charge on any atom is -0.464 e. The summed E-state index contributed by atoms with van der Waals surface area (Å²) in [4.78, 5) is 34.4. The third-order valence-electron chi connectivity index (χ3n) is 2.89. The maximum Gasteiger partial charge on any atom is 0.328 e. The van der Waals surface area contributed by atoms with Crippen LogP contribution >= 0.6 is 0 Å². The number of nitrogens with one attached hydrogen (secondary N) is 2. The molecule has 0 fully saturated rings. The molecule has 0 saturated carbocycles. The van der Waals surface area contributed by atoms with Crippen LogP contribution in [0.4, 0.5) is 4.39 Å². The summed E-state index contributed by atoms with van der Waals surface area (Å²) in [5.74, 6) is -1.83. The van der Waals surface area contributed by atoms with Gasteiger partial charge < -0.3 is 20.1 Å². The molecule has 8 heteroatoms. The van der Waals surface area contributed by atoms with E-state index in [1.807, 2.05) is 0 Å². The van der Waals surface area contributed by atoms with Gasteiger partial charge in [0, 0.05) is 6.54 Å². The Morgan fingerprint density at radius 2 is 1.75 bits per heavy atom. The molecule has 1 aromatic rings. The molecule has 0 spiro atoms. The Bertz CT molecular complexity index is 562. The summed E-state index contributed by atoms with van der Waals surface area (Å²) in [7, 11) is 0. The van der Waals surface area contributed by atoms with E-state index in [0.717, 1.165) is 5.56 Å². The Kier molecular flexibility index (Phi) is 8.42. The summed E-state index contributed by atoms with van der Waals surface area (Å²) in [6.07, 6.45) is 0. The van der Waals surface area contributed by atoms with Crippen LogP contribution in [0.1, 0.15) is 19.4 Å². The van der Waals surface area contributed by atoms with E-state index >= 15 is 0 Å². The maximum absolute atomic E-state index is 12.7. The molecular weight excluding hydrogens is 319 g/mol. The molecular formula is C16H21FN2O5. The smallest absolute Gasteiger partial charge is 0.328 e. The minimum atomic E-state index is -0.784. The summed E-state index contributed by atoms with van der Waals surface area (Å²) in [6.45, 7) is 2.96. The van der Waals surface area contributed by atoms with Gasteiger partial charge in [-0.25, -0.2) is 9.18 Å². The van der Waals surface area contributed by atoms with Gasteiger partial charge in [-0.1, -0.05) is 12.1 Å². The van der Waals surface area contributed by atoms with E-state index in [1.165, 1.54) is 19.1 Å². The predicted molar refractivity (Wildman–Crippen MR) is 83.3 cm³/mol. The van der Waals surface area contributed by atoms with Crippen molar-refractivity contribution in [3.8, 4) is 0 Å². The summed E-state index contributed by atoms with van der Waals surface area (Å²) < 4.78 is 22.5. The van der Waals surface area contributed by atoms with Gasteiger partial charge in [0.15, 0.2) is 0 Å². The molecule has 0 unspecified atom stereocenters. The topological polar surface area (TPSA) is 93.7 Å². The fourth-order valence-corrected chi connectivity index (χ4v) is 1.70. The molecule has 0 heterocycles. The SMILES string of the molecule is CCOC(=O)[C@@H](C)NC(=O)COCC(=O)NCc1ccc(F)cc1. The second-order valence-electron chi connectivity index (χ2n) is 4.94. The molecule has 7 nitrogen and oxygen atoms in total. The first-order valence-electron chi connectivity index (χ1n) is 7.47. The highest BCUT2D eigenvalue weighted by atomic mass is 19.1. The lowest BCUT2D eigenvalue weighted by molar-refractivity contribution is -0.147. The number of carbonyl (C=O) groups excluding carboxylic acids is 3. The molecule has 0 aliphatic rings. The quantitative estimate of drug-likeness (QED) is 0.640. The van der Waals surface area contributed by atoms with E-state index in [9.17, 15) is 18.8 Å². The standard InChI is InChI=1S/C16H21FN2O5/c1-3-24-16(22)11(2)19-15(21)10-23-9-14(20)18-8-12-4-6-13(17)7-5-12/h4-7,11H,3,8-10H2,1-2H3,(H,18,20)(H,19,21)/t11-/m1/s1. The van der Waals surface area contributed by atoms with E-state index < -0.39 is 23.8 Å². The lowest BCUT2D eigenvalue weighted by atomic mass is 10.2. The summed E-state index contributed by atoms with van der Waals surface area (Å²) >= 11 is 0. The van der Waals surface area contributed by atoms with Gasteiger partial charge in [0.25, 0.3) is 0 Å². The van der Waals surface area contributed by atoms with E-state index in [-0.39, 0.29) is 32.2 Å². The largest absolute Gasteiger partial charge is 0.464 e. The highest BCUT2D eigenvalue weighted by Gasteiger charge is 2.16. The minimum absolute atomic E-state index is 0.226. The molecule has 1 rings (SSSR count). The van der Waals surface area contributed by atoms with Gasteiger partial charge in [-0.05, 0) is 31.5 Å². The van der Waals surface area contributed by atoms with Crippen molar-refractivity contribution < 1.29 is 28.2 Å². The number of halogens is 1. The average molecular weight is 340 g/mol. The van der Waals surface area contributed by atoms with Gasteiger partial charge in [0.1, 0.15) is 25.1 Å². The number of carbonyl (C=O) groups is 3. The van der Waals surface area contributed by atoms with Crippen molar-refractivity contribution in [2.45, 2.75) is 26.4 Å². The van der Waals surface area contributed by atoms with E-state index in [1.54, 1.807) is 19.1 Å². The van der Waals surface area contributed by atoms with E-state index in [0.29, 0.717) is 0 Å². The Hall–Kier alpha value is -2.48. The second-order valence-corrected chi connectivity index (χ2v) is 4.94. The summed E-state index contributed by atoms with van der Waals surface area (Å²) in [6, 6.07) is 4.93. The first-order valence-corrected chi connectivity index (χ1v) is 7.47. The molecule has 0 aromatic heterocycles. The van der Waals surface area contributed by atoms with Crippen molar-refractivity contribution in [1.29, 1.82) is 0 Å². The normalized spacial score (nSPS) is 11.5. The van der Waals surface area contributed by atoms with Gasteiger partial charge >= 0.3 is 5.97 Å². The third-order valence-corrected chi connectivity index (χ3v) is 2.89. The fraction of sp³-hybridized carbons (Fsp3) is 0.438. The Morgan fingerprint density at radius 1 is 1.12 bits per heavy atom. The van der Waals surface area contributed by atoms with Gasteiger partial charge in [-0.3, -0.25) is 9.59 Å². The molecule has 0 aliphatic carbocycles. The van der Waals surface area contributed by atoms with Crippen LogP contribution in [0.2, 0.25) is 0 Å². The monoisotopic (exact) mass is 340 g/mol. The van der Waals surface area contributed by atoms with Crippen molar-refractivity contribution in [2.75, 3.05) is 19.8 Å². The first-order chi connectivity index (χ1) is 11.4. The van der Waals surface area contributed by atoms with Crippen molar-refractivity contribution in [1.82, 2.24) is 10.6 Å². The van der Waals surface area contributed by atoms with Crippen LogP contribution in [0.25, 0.3) is 0 Å². The predicted octanol–water partition coefficient (Wildman–Crippen LogP) is 0.526. The number of hydrogen-bond donors (Lipinski definition) is 2. The zero-order valence-electron chi connectivity index (χ0n) is 13.6.